The molecule has 0 nitrogen and oxygen atoms in total. The van der Waals surface area contributed by atoms with Crippen LogP contribution in [0.3, 0.4) is 0 Å². The molecule has 0 heterocycles. The van der Waals surface area contributed by atoms with Gasteiger partial charge >= 0.3 is 0 Å². The fourth-order valence-corrected chi connectivity index (χ4v) is 0.509. The Labute approximate surface area is 45.2 Å². The van der Waals surface area contributed by atoms with Crippen molar-refractivity contribution >= 4 is 0 Å². The second-order valence-corrected chi connectivity index (χ2v) is 1.41. The third-order valence-electron chi connectivity index (χ3n) is 0.846. The van der Waals surface area contributed by atoms with Crippen molar-refractivity contribution in [1.29, 1.82) is 0 Å². The Morgan fingerprint density at radius 3 is 2.17 bits per heavy atom. The van der Waals surface area contributed by atoms with E-state index < -0.39 is 12.7 Å². The summed E-state index contributed by atoms with van der Waals surface area (Å²) >= 11 is 0. The minimum absolute atomic E-state index is 0.465. The first kappa shape index (κ1) is 1.50. The Hall–Kier alpha value is 0. The topological polar surface area (TPSA) is 0 Å². The molecule has 0 atom stereocenters. The maximum Gasteiger partial charge on any atom is 0.0269 e. The van der Waals surface area contributed by atoms with Gasteiger partial charge in [-0.3, -0.25) is 0 Å². The summed E-state index contributed by atoms with van der Waals surface area (Å²) in [4.78, 5) is 0. The molecule has 35 valence electrons. The molecular weight excluding hydrogens is 72.1 g/mol. The van der Waals surface area contributed by atoms with E-state index in [0.29, 0.717) is 19.3 Å². The van der Waals surface area contributed by atoms with Crippen LogP contribution in [0.1, 0.15) is 37.5 Å². The Balaban J connectivity index is 2.56. The van der Waals surface area contributed by atoms with Crippen molar-refractivity contribution in [1.82, 2.24) is 0 Å². The number of hydrogen-bond donors (Lipinski definition) is 0. The molecule has 1 rings (SSSR count). The van der Waals surface area contributed by atoms with E-state index in [1.54, 1.807) is 0 Å². The van der Waals surface area contributed by atoms with Gasteiger partial charge in [-0.2, -0.15) is 0 Å². The summed E-state index contributed by atoms with van der Waals surface area (Å²) < 4.78 is 29.0. The van der Waals surface area contributed by atoms with Crippen LogP contribution >= 0.6 is 0 Å². The van der Waals surface area contributed by atoms with E-state index in [0.717, 1.165) is 0 Å². The molecule has 0 heteroatoms. The lowest BCUT2D eigenvalue weighted by Gasteiger charge is -2.05. The van der Waals surface area contributed by atoms with E-state index >= 15 is 0 Å². The monoisotopic (exact) mass is 87.1 g/mol. The summed E-state index contributed by atoms with van der Waals surface area (Å²) in [6.07, 6.45) is -0.0114. The van der Waals surface area contributed by atoms with Gasteiger partial charge in [-0.25, -0.2) is 0 Å². The quantitative estimate of drug-likeness (QED) is 0.424. The molecule has 0 N–H and O–H groups in total. The molecule has 0 spiro atoms. The smallest absolute Gasteiger partial charge is 0.0269 e. The average molecular weight is 87.2 g/mol. The number of rotatable bonds is 0. The van der Waals surface area contributed by atoms with Gasteiger partial charge in [0.15, 0.2) is 0 Å². The third-order valence-corrected chi connectivity index (χ3v) is 0.846. The third kappa shape index (κ3) is 1.00. The summed E-state index contributed by atoms with van der Waals surface area (Å²) in [6.45, 7) is 0. The van der Waals surface area contributed by atoms with Crippen LogP contribution in [-0.2, 0) is 0 Å². The molecule has 0 amide bonds. The lowest BCUT2D eigenvalue weighted by atomic mass is 10.0. The van der Waals surface area contributed by atoms with Crippen molar-refractivity contribution in [3.63, 3.8) is 0 Å². The van der Waals surface area contributed by atoms with Crippen LogP contribution in [0.25, 0.3) is 0 Å². The highest BCUT2D eigenvalue weighted by Gasteiger charge is 1.95. The van der Waals surface area contributed by atoms with Gasteiger partial charge in [-0.15, -0.1) is 0 Å². The maximum absolute atomic E-state index is 7.25. The fraction of sp³-hybridized carbons (Fsp3) is 0.833. The molecule has 1 aliphatic carbocycles. The molecule has 1 fully saturated rings. The molecule has 1 aliphatic rings. The van der Waals surface area contributed by atoms with Gasteiger partial charge in [0.1, 0.15) is 0 Å². The van der Waals surface area contributed by atoms with Crippen molar-refractivity contribution in [2.75, 3.05) is 0 Å². The van der Waals surface area contributed by atoms with E-state index in [1.165, 1.54) is 6.42 Å². The molecular formula is C6H11. The summed E-state index contributed by atoms with van der Waals surface area (Å²) in [5.41, 5.74) is 0. The van der Waals surface area contributed by atoms with Gasteiger partial charge in [-0.05, 0) is 6.42 Å². The SMILES string of the molecule is [2H]C1([2H])[CH]C([2H])([2H])CCC1. The lowest BCUT2D eigenvalue weighted by Crippen LogP contribution is -1.87. The Kier molecular flexibility index (Phi) is 0.556. The zero-order valence-corrected chi connectivity index (χ0v) is 3.70. The van der Waals surface area contributed by atoms with Gasteiger partial charge in [-0.1, -0.05) is 32.0 Å². The van der Waals surface area contributed by atoms with Crippen LogP contribution in [0.2, 0.25) is 0 Å². The standard InChI is InChI=1S/C6H11/c1-2-4-6-5-3-1/h1H,2-6H2/i2D2,3D2. The highest BCUT2D eigenvalue weighted by Crippen LogP contribution is 2.14. The summed E-state index contributed by atoms with van der Waals surface area (Å²) in [6, 6.07) is 0. The van der Waals surface area contributed by atoms with Crippen molar-refractivity contribution in [2.45, 2.75) is 32.0 Å². The van der Waals surface area contributed by atoms with Gasteiger partial charge in [0.2, 0.25) is 0 Å². The second-order valence-electron chi connectivity index (χ2n) is 1.41. The normalized spacial score (nSPS) is 50.7. The van der Waals surface area contributed by atoms with Crippen LogP contribution in [0.5, 0.6) is 0 Å². The molecule has 0 aromatic rings. The minimum Gasteiger partial charge on any atom is -0.0533 e. The van der Waals surface area contributed by atoms with E-state index in [1.807, 2.05) is 0 Å². The summed E-state index contributed by atoms with van der Waals surface area (Å²) in [5.74, 6) is 0. The first-order valence-corrected chi connectivity index (χ1v) is 2.28. The lowest BCUT2D eigenvalue weighted by molar-refractivity contribution is 0.593. The Bertz CT molecular complexity index is 116. The Morgan fingerprint density at radius 2 is 1.83 bits per heavy atom. The molecule has 1 saturated carbocycles. The first-order chi connectivity index (χ1) is 4.41. The molecule has 0 aromatic heterocycles. The van der Waals surface area contributed by atoms with E-state index in [9.17, 15) is 0 Å². The van der Waals surface area contributed by atoms with Gasteiger partial charge in [0.05, 0.1) is 0 Å². The van der Waals surface area contributed by atoms with Crippen LogP contribution in [0.15, 0.2) is 0 Å². The van der Waals surface area contributed by atoms with Crippen molar-refractivity contribution in [3.05, 3.63) is 6.42 Å². The highest BCUT2D eigenvalue weighted by atomic mass is 14.0. The van der Waals surface area contributed by atoms with Gasteiger partial charge in [0.25, 0.3) is 0 Å². The van der Waals surface area contributed by atoms with Crippen LogP contribution in [0, 0.1) is 6.42 Å². The predicted molar refractivity (Wildman–Crippen MR) is 27.4 cm³/mol. The molecule has 6 heavy (non-hydrogen) atoms. The predicted octanol–water partition coefficient (Wildman–Crippen LogP) is 2.15. The average Bonchev–Trinajstić information content (AvgIpc) is 1.56. The molecule has 0 unspecified atom stereocenters. The molecule has 0 aliphatic heterocycles. The van der Waals surface area contributed by atoms with Crippen LogP contribution in [-0.4, -0.2) is 0 Å². The van der Waals surface area contributed by atoms with Crippen molar-refractivity contribution < 1.29 is 5.48 Å². The molecule has 0 bridgehead atoms. The van der Waals surface area contributed by atoms with Crippen LogP contribution < -0.4 is 0 Å². The van der Waals surface area contributed by atoms with Crippen molar-refractivity contribution in [2.24, 2.45) is 0 Å². The second kappa shape index (κ2) is 2.22. The van der Waals surface area contributed by atoms with Crippen LogP contribution in [0.4, 0.5) is 0 Å². The van der Waals surface area contributed by atoms with Gasteiger partial charge in [0, 0.05) is 5.48 Å². The largest absolute Gasteiger partial charge is 0.0533 e. The zero-order chi connectivity index (χ0) is 7.83. The first-order valence-electron chi connectivity index (χ1n) is 4.28. The van der Waals surface area contributed by atoms with E-state index in [2.05, 4.69) is 0 Å². The Morgan fingerprint density at radius 1 is 1.17 bits per heavy atom. The minimum atomic E-state index is -1.39. The zero-order valence-electron chi connectivity index (χ0n) is 7.70. The van der Waals surface area contributed by atoms with E-state index in [-0.39, 0.29) is 0 Å². The summed E-state index contributed by atoms with van der Waals surface area (Å²) in [7, 11) is 0. The maximum atomic E-state index is 7.25. The van der Waals surface area contributed by atoms with Gasteiger partial charge < -0.3 is 0 Å². The highest BCUT2D eigenvalue weighted by molar-refractivity contribution is 4.69. The molecule has 1 radical (unpaired) electrons. The fourth-order valence-electron chi connectivity index (χ4n) is 0.509. The van der Waals surface area contributed by atoms with E-state index in [4.69, 9.17) is 5.48 Å². The molecule has 0 aromatic carbocycles. The molecule has 0 saturated heterocycles. The van der Waals surface area contributed by atoms with Crippen molar-refractivity contribution in [3.8, 4) is 0 Å². The number of hydrogen-bond acceptors (Lipinski definition) is 0. The summed E-state index contributed by atoms with van der Waals surface area (Å²) in [5, 5.41) is 0.